The zero-order valence-electron chi connectivity index (χ0n) is 20.3. The highest BCUT2D eigenvalue weighted by Gasteiger charge is 2.26. The maximum atomic E-state index is 12.1. The lowest BCUT2D eigenvalue weighted by molar-refractivity contribution is -0.116. The van der Waals surface area contributed by atoms with E-state index in [1.807, 2.05) is 6.07 Å². The van der Waals surface area contributed by atoms with E-state index in [4.69, 9.17) is 0 Å². The predicted molar refractivity (Wildman–Crippen MR) is 134 cm³/mol. The zero-order valence-corrected chi connectivity index (χ0v) is 20.3. The van der Waals surface area contributed by atoms with Gasteiger partial charge in [-0.3, -0.25) is 4.79 Å². The molecule has 0 unspecified atom stereocenters. The number of amides is 1. The van der Waals surface area contributed by atoms with Crippen LogP contribution >= 0.6 is 0 Å². The number of carbonyl (C=O) groups excluding carboxylic acids is 1. The summed E-state index contributed by atoms with van der Waals surface area (Å²) < 4.78 is 0. The number of carbonyl (C=O) groups is 1. The van der Waals surface area contributed by atoms with E-state index >= 15 is 0 Å². The van der Waals surface area contributed by atoms with Gasteiger partial charge in [-0.1, -0.05) is 25.8 Å². The van der Waals surface area contributed by atoms with Crippen molar-refractivity contribution in [2.45, 2.75) is 71.3 Å². The number of phenols is 4. The van der Waals surface area contributed by atoms with Crippen molar-refractivity contribution in [3.05, 3.63) is 41.5 Å². The molecule has 2 aromatic rings. The van der Waals surface area contributed by atoms with Gasteiger partial charge < -0.3 is 30.2 Å². The first-order valence-corrected chi connectivity index (χ1v) is 12.4. The molecule has 2 aromatic carbocycles. The van der Waals surface area contributed by atoms with E-state index < -0.39 is 0 Å². The molecule has 0 spiro atoms. The number of nitrogens with zero attached hydrogens (tertiary/aromatic N) is 2. The third kappa shape index (κ3) is 6.35. The van der Waals surface area contributed by atoms with Gasteiger partial charge in [-0.15, -0.1) is 0 Å². The van der Waals surface area contributed by atoms with Gasteiger partial charge in [0.1, 0.15) is 0 Å². The first-order chi connectivity index (χ1) is 16.3. The van der Waals surface area contributed by atoms with E-state index in [-0.39, 0.29) is 28.9 Å². The zero-order chi connectivity index (χ0) is 24.7. The van der Waals surface area contributed by atoms with Crippen LogP contribution in [0, 0.1) is 0 Å². The molecule has 34 heavy (non-hydrogen) atoms. The lowest BCUT2D eigenvalue weighted by atomic mass is 9.86. The molecule has 1 amide bonds. The second-order valence-corrected chi connectivity index (χ2v) is 9.26. The van der Waals surface area contributed by atoms with Crippen LogP contribution in [0.15, 0.2) is 30.3 Å². The minimum absolute atomic E-state index is 0.0341. The largest absolute Gasteiger partial charge is 0.504 e. The fraction of sp³-hybridized carbons (Fsp3) is 0.519. The Balaban J connectivity index is 1.46. The van der Waals surface area contributed by atoms with Gasteiger partial charge in [-0.05, 0) is 75.4 Å². The number of rotatable bonds is 11. The summed E-state index contributed by atoms with van der Waals surface area (Å²) in [5.74, 6) is -0.498. The average molecular weight is 471 g/mol. The molecule has 0 bridgehead atoms. The van der Waals surface area contributed by atoms with Crippen molar-refractivity contribution in [1.82, 2.24) is 4.90 Å². The number of hydrogen-bond acceptors (Lipinski definition) is 6. The van der Waals surface area contributed by atoms with E-state index in [0.717, 1.165) is 75.6 Å². The lowest BCUT2D eigenvalue weighted by Gasteiger charge is -2.35. The van der Waals surface area contributed by atoms with Crippen molar-refractivity contribution >= 4 is 11.6 Å². The van der Waals surface area contributed by atoms with Crippen molar-refractivity contribution in [3.63, 3.8) is 0 Å². The van der Waals surface area contributed by atoms with Gasteiger partial charge in [-0.25, -0.2) is 0 Å². The van der Waals surface area contributed by atoms with Crippen molar-refractivity contribution in [1.29, 1.82) is 0 Å². The van der Waals surface area contributed by atoms with Crippen LogP contribution in [0.25, 0.3) is 0 Å². The van der Waals surface area contributed by atoms with E-state index in [1.165, 1.54) is 19.1 Å². The number of aromatic hydroxyl groups is 4. The van der Waals surface area contributed by atoms with Crippen LogP contribution in [0.4, 0.5) is 5.69 Å². The van der Waals surface area contributed by atoms with Gasteiger partial charge in [0.05, 0.1) is 0 Å². The molecule has 0 aromatic heterocycles. The van der Waals surface area contributed by atoms with Crippen molar-refractivity contribution < 1.29 is 25.2 Å². The van der Waals surface area contributed by atoms with Crippen LogP contribution in [-0.4, -0.2) is 56.9 Å². The third-order valence-electron chi connectivity index (χ3n) is 6.80. The molecule has 0 saturated carbocycles. The summed E-state index contributed by atoms with van der Waals surface area (Å²) in [4.78, 5) is 16.3. The Labute approximate surface area is 202 Å². The summed E-state index contributed by atoms with van der Waals surface area (Å²) in [5.41, 5.74) is 2.62. The number of hydrogen-bond donors (Lipinski definition) is 4. The van der Waals surface area contributed by atoms with E-state index in [0.29, 0.717) is 18.3 Å². The second-order valence-electron chi connectivity index (χ2n) is 9.26. The Bertz CT molecular complexity index is 978. The van der Waals surface area contributed by atoms with Gasteiger partial charge in [-0.2, -0.15) is 0 Å². The van der Waals surface area contributed by atoms with Gasteiger partial charge >= 0.3 is 0 Å². The molecular formula is C27H38N2O5. The summed E-state index contributed by atoms with van der Waals surface area (Å²) >= 11 is 0. The molecule has 0 saturated heterocycles. The molecule has 0 fully saturated rings. The monoisotopic (exact) mass is 470 g/mol. The summed E-state index contributed by atoms with van der Waals surface area (Å²) in [6.45, 7) is 6.36. The predicted octanol–water partition coefficient (Wildman–Crippen LogP) is 4.69. The van der Waals surface area contributed by atoms with Gasteiger partial charge in [0.2, 0.25) is 5.91 Å². The van der Waals surface area contributed by atoms with Crippen LogP contribution in [0.5, 0.6) is 23.0 Å². The standard InChI is InChI=1S/C27H38N2O5/c1-3-14-28(21-9-11-23-20(17-21)8-12-25(32)27(23)34)15-6-4-5-7-16-29(19(2)30)22-10-13-24(31)26(33)18-22/h8,10,12-13,18,21,31-34H,3-7,9,11,14-17H2,1-2H3/t21-/m0/s1. The Morgan fingerprint density at radius 1 is 0.912 bits per heavy atom. The van der Waals surface area contributed by atoms with Crippen LogP contribution < -0.4 is 4.90 Å². The van der Waals surface area contributed by atoms with Gasteiger partial charge in [0.15, 0.2) is 23.0 Å². The lowest BCUT2D eigenvalue weighted by Crippen LogP contribution is -2.40. The quantitative estimate of drug-likeness (QED) is 0.281. The highest BCUT2D eigenvalue weighted by atomic mass is 16.3. The third-order valence-corrected chi connectivity index (χ3v) is 6.80. The Morgan fingerprint density at radius 3 is 2.29 bits per heavy atom. The molecule has 1 aliphatic rings. The number of benzene rings is 2. The SMILES string of the molecule is CCCN(CCCCCCN(C(C)=O)c1ccc(O)c(O)c1)[C@H]1CCc2c(ccc(O)c2O)C1. The summed E-state index contributed by atoms with van der Waals surface area (Å²) in [6, 6.07) is 8.44. The number of anilines is 1. The van der Waals surface area contributed by atoms with Crippen LogP contribution in [-0.2, 0) is 17.6 Å². The molecule has 186 valence electrons. The van der Waals surface area contributed by atoms with Gasteiger partial charge in [0.25, 0.3) is 0 Å². The van der Waals surface area contributed by atoms with Crippen LogP contribution in [0.1, 0.15) is 63.5 Å². The molecule has 0 aliphatic heterocycles. The fourth-order valence-electron chi connectivity index (χ4n) is 4.97. The maximum Gasteiger partial charge on any atom is 0.223 e. The van der Waals surface area contributed by atoms with E-state index in [1.54, 1.807) is 17.0 Å². The maximum absolute atomic E-state index is 12.1. The van der Waals surface area contributed by atoms with Crippen LogP contribution in [0.3, 0.4) is 0 Å². The van der Waals surface area contributed by atoms with E-state index in [2.05, 4.69) is 11.8 Å². The molecule has 0 heterocycles. The topological polar surface area (TPSA) is 104 Å². The van der Waals surface area contributed by atoms with Crippen molar-refractivity contribution in [2.24, 2.45) is 0 Å². The number of phenolic OH excluding ortho intramolecular Hbond substituents is 4. The molecule has 0 radical (unpaired) electrons. The molecule has 1 atom stereocenters. The normalized spacial score (nSPS) is 15.3. The molecule has 7 heteroatoms. The minimum Gasteiger partial charge on any atom is -0.504 e. The van der Waals surface area contributed by atoms with Gasteiger partial charge in [0, 0.05) is 36.8 Å². The smallest absolute Gasteiger partial charge is 0.223 e. The molecular weight excluding hydrogens is 432 g/mol. The highest BCUT2D eigenvalue weighted by molar-refractivity contribution is 5.91. The van der Waals surface area contributed by atoms with Crippen molar-refractivity contribution in [2.75, 3.05) is 24.5 Å². The Hall–Kier alpha value is -2.93. The first kappa shape index (κ1) is 25.7. The second kappa shape index (κ2) is 12.0. The molecule has 4 N–H and O–H groups in total. The fourth-order valence-corrected chi connectivity index (χ4v) is 4.97. The summed E-state index contributed by atoms with van der Waals surface area (Å²) in [7, 11) is 0. The van der Waals surface area contributed by atoms with Crippen LogP contribution in [0.2, 0.25) is 0 Å². The number of fused-ring (bicyclic) bond motifs is 1. The molecule has 1 aliphatic carbocycles. The summed E-state index contributed by atoms with van der Waals surface area (Å²) in [5, 5.41) is 39.2. The molecule has 3 rings (SSSR count). The Morgan fingerprint density at radius 2 is 1.62 bits per heavy atom. The Kier molecular flexibility index (Phi) is 9.05. The first-order valence-electron chi connectivity index (χ1n) is 12.4. The van der Waals surface area contributed by atoms with Crippen molar-refractivity contribution in [3.8, 4) is 23.0 Å². The minimum atomic E-state index is -0.225. The molecule has 7 nitrogen and oxygen atoms in total. The summed E-state index contributed by atoms with van der Waals surface area (Å²) in [6.07, 6.45) is 7.80. The number of unbranched alkanes of at least 4 members (excludes halogenated alkanes) is 3. The average Bonchev–Trinajstić information content (AvgIpc) is 2.81. The van der Waals surface area contributed by atoms with E-state index in [9.17, 15) is 25.2 Å². The highest BCUT2D eigenvalue weighted by Crippen LogP contribution is 2.37.